The van der Waals surface area contributed by atoms with E-state index in [1.165, 1.54) is 12.1 Å². The van der Waals surface area contributed by atoms with E-state index in [1.807, 2.05) is 31.2 Å². The number of nitrogens with zero attached hydrogens (tertiary/aromatic N) is 1. The minimum Gasteiger partial charge on any atom is -0.469 e. The van der Waals surface area contributed by atoms with E-state index in [1.54, 1.807) is 24.5 Å². The molecule has 3 heterocycles. The zero-order valence-electron chi connectivity index (χ0n) is 15.8. The third-order valence-corrected chi connectivity index (χ3v) is 4.69. The molecule has 0 saturated carbocycles. The van der Waals surface area contributed by atoms with Crippen LogP contribution in [0, 0.1) is 12.7 Å². The van der Waals surface area contributed by atoms with Gasteiger partial charge in [-0.05, 0) is 55.3 Å². The largest absolute Gasteiger partial charge is 0.469 e. The number of aryl methyl sites for hydroxylation is 1. The maximum atomic E-state index is 13.3. The zero-order valence-corrected chi connectivity index (χ0v) is 15.8. The fraction of sp³-hybridized carbons (Fsp3) is 0.182. The van der Waals surface area contributed by atoms with Crippen molar-refractivity contribution < 1.29 is 18.0 Å². The van der Waals surface area contributed by atoms with Crippen molar-refractivity contribution in [2.24, 2.45) is 0 Å². The lowest BCUT2D eigenvalue weighted by atomic mass is 9.93. The van der Waals surface area contributed by atoms with E-state index in [9.17, 15) is 9.18 Å². The fourth-order valence-corrected chi connectivity index (χ4v) is 3.22. The molecule has 0 fully saturated rings. The van der Waals surface area contributed by atoms with Crippen LogP contribution in [0.5, 0.6) is 0 Å². The first kappa shape index (κ1) is 18.7. The zero-order chi connectivity index (χ0) is 20.2. The SMILES string of the molecule is Cc1ccc(-c2cc(C(=O)NCC[C@H](c3ccc(F)cc3)c3ccco3)n[nH]2)o1. The van der Waals surface area contributed by atoms with Crippen LogP contribution in [-0.4, -0.2) is 22.6 Å². The number of rotatable bonds is 7. The van der Waals surface area contributed by atoms with E-state index in [0.29, 0.717) is 24.4 Å². The van der Waals surface area contributed by atoms with Crippen LogP contribution in [0.3, 0.4) is 0 Å². The second-order valence-electron chi connectivity index (χ2n) is 6.74. The standard InChI is InChI=1S/C22H20FN3O3/c1-14-4-9-21(29-14)18-13-19(26-25-18)22(27)24-11-10-17(20-3-2-12-28-20)15-5-7-16(23)8-6-15/h2-9,12-13,17H,10-11H2,1H3,(H,24,27)(H,25,26)/t17-/m1/s1. The second-order valence-corrected chi connectivity index (χ2v) is 6.74. The van der Waals surface area contributed by atoms with Crippen LogP contribution in [0.2, 0.25) is 0 Å². The van der Waals surface area contributed by atoms with Gasteiger partial charge in [0.1, 0.15) is 23.0 Å². The Morgan fingerprint density at radius 2 is 2.03 bits per heavy atom. The lowest BCUT2D eigenvalue weighted by Crippen LogP contribution is -2.26. The molecule has 2 N–H and O–H groups in total. The number of aromatic amines is 1. The molecule has 0 aliphatic carbocycles. The van der Waals surface area contributed by atoms with Crippen molar-refractivity contribution in [3.63, 3.8) is 0 Å². The molecule has 6 nitrogen and oxygen atoms in total. The van der Waals surface area contributed by atoms with Crippen molar-refractivity contribution >= 4 is 5.91 Å². The number of carbonyl (C=O) groups excluding carboxylic acids is 1. The van der Waals surface area contributed by atoms with Crippen LogP contribution in [-0.2, 0) is 0 Å². The highest BCUT2D eigenvalue weighted by Gasteiger charge is 2.18. The molecule has 0 saturated heterocycles. The Labute approximate surface area is 166 Å². The lowest BCUT2D eigenvalue weighted by molar-refractivity contribution is 0.0947. The Balaban J connectivity index is 1.40. The monoisotopic (exact) mass is 393 g/mol. The maximum Gasteiger partial charge on any atom is 0.271 e. The van der Waals surface area contributed by atoms with Crippen LogP contribution >= 0.6 is 0 Å². The number of hydrogen-bond acceptors (Lipinski definition) is 4. The fourth-order valence-electron chi connectivity index (χ4n) is 3.22. The predicted molar refractivity (Wildman–Crippen MR) is 105 cm³/mol. The lowest BCUT2D eigenvalue weighted by Gasteiger charge is -2.15. The quantitative estimate of drug-likeness (QED) is 0.478. The van der Waals surface area contributed by atoms with Crippen molar-refractivity contribution in [2.45, 2.75) is 19.3 Å². The van der Waals surface area contributed by atoms with Crippen molar-refractivity contribution in [2.75, 3.05) is 6.54 Å². The Bertz CT molecular complexity index is 1080. The summed E-state index contributed by atoms with van der Waals surface area (Å²) in [6, 6.07) is 15.3. The molecule has 4 aromatic rings. The number of hydrogen-bond donors (Lipinski definition) is 2. The second kappa shape index (κ2) is 8.18. The van der Waals surface area contributed by atoms with Gasteiger partial charge >= 0.3 is 0 Å². The number of amides is 1. The summed E-state index contributed by atoms with van der Waals surface area (Å²) in [5.74, 6) is 1.51. The van der Waals surface area contributed by atoms with Gasteiger partial charge in [-0.15, -0.1) is 0 Å². The van der Waals surface area contributed by atoms with Crippen molar-refractivity contribution in [1.29, 1.82) is 0 Å². The number of nitrogens with one attached hydrogen (secondary N) is 2. The van der Waals surface area contributed by atoms with Crippen LogP contribution < -0.4 is 5.32 Å². The molecule has 29 heavy (non-hydrogen) atoms. The summed E-state index contributed by atoms with van der Waals surface area (Å²) >= 11 is 0. The number of carbonyl (C=O) groups is 1. The molecule has 0 unspecified atom stereocenters. The topological polar surface area (TPSA) is 84.1 Å². The summed E-state index contributed by atoms with van der Waals surface area (Å²) in [5, 5.41) is 9.75. The molecule has 0 bridgehead atoms. The Morgan fingerprint density at radius 1 is 1.21 bits per heavy atom. The van der Waals surface area contributed by atoms with Crippen LogP contribution in [0.1, 0.15) is 39.9 Å². The van der Waals surface area contributed by atoms with Gasteiger partial charge in [-0.1, -0.05) is 12.1 Å². The van der Waals surface area contributed by atoms with Gasteiger partial charge in [-0.2, -0.15) is 5.10 Å². The van der Waals surface area contributed by atoms with Crippen LogP contribution in [0.25, 0.3) is 11.5 Å². The van der Waals surface area contributed by atoms with Crippen molar-refractivity contribution in [1.82, 2.24) is 15.5 Å². The molecule has 0 radical (unpaired) electrons. The van der Waals surface area contributed by atoms with Gasteiger partial charge in [-0.25, -0.2) is 4.39 Å². The predicted octanol–water partition coefficient (Wildman–Crippen LogP) is 4.66. The summed E-state index contributed by atoms with van der Waals surface area (Å²) in [5.41, 5.74) is 1.85. The van der Waals surface area contributed by atoms with E-state index >= 15 is 0 Å². The first-order valence-electron chi connectivity index (χ1n) is 9.29. The normalized spacial score (nSPS) is 12.1. The average molecular weight is 393 g/mol. The minimum atomic E-state index is -0.290. The molecular formula is C22H20FN3O3. The van der Waals surface area contributed by atoms with Crippen LogP contribution in [0.15, 0.2) is 69.7 Å². The highest BCUT2D eigenvalue weighted by Crippen LogP contribution is 2.28. The molecule has 4 rings (SSSR count). The number of aromatic nitrogens is 2. The molecule has 0 aliphatic rings. The molecule has 3 aromatic heterocycles. The van der Waals surface area contributed by atoms with Gasteiger partial charge in [0.25, 0.3) is 5.91 Å². The third kappa shape index (κ3) is 4.29. The molecule has 1 atom stereocenters. The average Bonchev–Trinajstić information content (AvgIpc) is 3.47. The first-order chi connectivity index (χ1) is 14.1. The van der Waals surface area contributed by atoms with Gasteiger partial charge < -0.3 is 14.2 Å². The number of H-pyrrole nitrogens is 1. The van der Waals surface area contributed by atoms with Gasteiger partial charge in [0.05, 0.1) is 6.26 Å². The van der Waals surface area contributed by atoms with Crippen molar-refractivity contribution in [3.8, 4) is 11.5 Å². The highest BCUT2D eigenvalue weighted by molar-refractivity contribution is 5.93. The maximum absolute atomic E-state index is 13.3. The van der Waals surface area contributed by atoms with Crippen molar-refractivity contribution in [3.05, 3.63) is 89.5 Å². The molecule has 0 aliphatic heterocycles. The minimum absolute atomic E-state index is 0.0910. The summed E-state index contributed by atoms with van der Waals surface area (Å²) in [7, 11) is 0. The number of halogens is 1. The summed E-state index contributed by atoms with van der Waals surface area (Å²) in [4.78, 5) is 12.4. The van der Waals surface area contributed by atoms with Gasteiger partial charge in [-0.3, -0.25) is 9.89 Å². The number of benzene rings is 1. The van der Waals surface area contributed by atoms with Gasteiger partial charge in [0, 0.05) is 18.5 Å². The smallest absolute Gasteiger partial charge is 0.271 e. The van der Waals surface area contributed by atoms with Gasteiger partial charge in [0.15, 0.2) is 11.5 Å². The Hall–Kier alpha value is -3.61. The van der Waals surface area contributed by atoms with E-state index in [-0.39, 0.29) is 23.3 Å². The summed E-state index contributed by atoms with van der Waals surface area (Å²) in [6.07, 6.45) is 2.20. The van der Waals surface area contributed by atoms with Crippen LogP contribution in [0.4, 0.5) is 4.39 Å². The molecule has 1 amide bonds. The number of furan rings is 2. The third-order valence-electron chi connectivity index (χ3n) is 4.69. The van der Waals surface area contributed by atoms with E-state index in [2.05, 4.69) is 15.5 Å². The van der Waals surface area contributed by atoms with E-state index in [0.717, 1.165) is 17.1 Å². The first-order valence-corrected chi connectivity index (χ1v) is 9.29. The van der Waals surface area contributed by atoms with E-state index < -0.39 is 0 Å². The Morgan fingerprint density at radius 3 is 2.72 bits per heavy atom. The molecular weight excluding hydrogens is 373 g/mol. The van der Waals surface area contributed by atoms with E-state index in [4.69, 9.17) is 8.83 Å². The Kier molecular flexibility index (Phi) is 5.29. The highest BCUT2D eigenvalue weighted by atomic mass is 19.1. The molecule has 148 valence electrons. The molecule has 0 spiro atoms. The molecule has 7 heteroatoms. The van der Waals surface area contributed by atoms with Gasteiger partial charge in [0.2, 0.25) is 0 Å². The summed E-state index contributed by atoms with van der Waals surface area (Å²) < 4.78 is 24.3. The molecule has 1 aromatic carbocycles. The summed E-state index contributed by atoms with van der Waals surface area (Å²) in [6.45, 7) is 2.26.